The molecule has 0 bridgehead atoms. The molecule has 0 spiro atoms. The van der Waals surface area contributed by atoms with Crippen LogP contribution in [0.5, 0.6) is 0 Å². The lowest BCUT2D eigenvalue weighted by molar-refractivity contribution is -0.143. The molecule has 3 nitrogen and oxygen atoms in total. The molecular weight excluding hydrogens is 140 g/mol. The van der Waals surface area contributed by atoms with Crippen LogP contribution in [-0.2, 0) is 14.3 Å². The van der Waals surface area contributed by atoms with E-state index in [0.717, 1.165) is 0 Å². The van der Waals surface area contributed by atoms with Crippen molar-refractivity contribution in [3.63, 3.8) is 0 Å². The molecule has 0 radical (unpaired) electrons. The monoisotopic (exact) mass is 148 g/mol. The van der Waals surface area contributed by atoms with Crippen LogP contribution in [0.1, 0.15) is 6.92 Å². The number of hydrogen-bond acceptors (Lipinski definition) is 4. The smallest absolute Gasteiger partial charge is 0.326 e. The van der Waals surface area contributed by atoms with Crippen LogP contribution in [0, 0.1) is 0 Å². The fraction of sp³-hybridized carbons (Fsp3) is 0.600. The lowest BCUT2D eigenvalue weighted by Crippen LogP contribution is -2.18. The quantitative estimate of drug-likeness (QED) is 0.266. The molecule has 0 amide bonds. The highest BCUT2D eigenvalue weighted by molar-refractivity contribution is 7.82. The molecular formula is C5H8O3S. The summed E-state index contributed by atoms with van der Waals surface area (Å²) in [7, 11) is 0. The molecule has 0 aliphatic heterocycles. The van der Waals surface area contributed by atoms with E-state index < -0.39 is 11.2 Å². The molecule has 0 aliphatic rings. The number of rotatable bonds is 3. The summed E-state index contributed by atoms with van der Waals surface area (Å²) in [5, 5.41) is -0.926. The lowest BCUT2D eigenvalue weighted by Gasteiger charge is -2.00. The second-order valence-corrected chi connectivity index (χ2v) is 1.89. The van der Waals surface area contributed by atoms with E-state index in [0.29, 0.717) is 6.29 Å². The number of thiol groups is 1. The molecule has 0 heterocycles. The third kappa shape index (κ3) is 3.13. The SMILES string of the molecule is CCOC(=O)C(S)C=O. The molecule has 0 rings (SSSR count). The van der Waals surface area contributed by atoms with Crippen molar-refractivity contribution in [2.45, 2.75) is 12.2 Å². The fourth-order valence-corrected chi connectivity index (χ4v) is 0.358. The third-order valence-electron chi connectivity index (χ3n) is 0.657. The van der Waals surface area contributed by atoms with Gasteiger partial charge in [-0.3, -0.25) is 4.79 Å². The molecule has 0 aliphatic carbocycles. The zero-order valence-corrected chi connectivity index (χ0v) is 5.93. The van der Waals surface area contributed by atoms with Gasteiger partial charge in [0.15, 0.2) is 5.25 Å². The zero-order chi connectivity index (χ0) is 7.28. The van der Waals surface area contributed by atoms with E-state index in [4.69, 9.17) is 0 Å². The van der Waals surface area contributed by atoms with Gasteiger partial charge < -0.3 is 9.53 Å². The molecule has 0 saturated heterocycles. The molecule has 0 fully saturated rings. The summed E-state index contributed by atoms with van der Waals surface area (Å²) < 4.78 is 4.45. The second-order valence-electron chi connectivity index (χ2n) is 1.33. The third-order valence-corrected chi connectivity index (χ3v) is 0.990. The first-order valence-electron chi connectivity index (χ1n) is 2.52. The Morgan fingerprint density at radius 2 is 2.44 bits per heavy atom. The van der Waals surface area contributed by atoms with Crippen LogP contribution in [0.25, 0.3) is 0 Å². The number of hydrogen-bond donors (Lipinski definition) is 1. The van der Waals surface area contributed by atoms with Crippen molar-refractivity contribution in [3.8, 4) is 0 Å². The molecule has 0 N–H and O–H groups in total. The minimum absolute atomic E-state index is 0.281. The normalized spacial score (nSPS) is 12.2. The molecule has 1 unspecified atom stereocenters. The highest BCUT2D eigenvalue weighted by Gasteiger charge is 2.11. The molecule has 0 saturated carbocycles. The molecule has 1 atom stereocenters. The van der Waals surface area contributed by atoms with Gasteiger partial charge in [0, 0.05) is 0 Å². The van der Waals surface area contributed by atoms with E-state index in [1.54, 1.807) is 6.92 Å². The van der Waals surface area contributed by atoms with Crippen molar-refractivity contribution in [2.75, 3.05) is 6.61 Å². The summed E-state index contributed by atoms with van der Waals surface area (Å²) in [5.41, 5.74) is 0. The fourth-order valence-electron chi connectivity index (χ4n) is 0.283. The van der Waals surface area contributed by atoms with Crippen molar-refractivity contribution in [3.05, 3.63) is 0 Å². The van der Waals surface area contributed by atoms with Gasteiger partial charge in [0.2, 0.25) is 0 Å². The predicted octanol–water partition coefficient (Wildman–Crippen LogP) is 0.0468. The summed E-state index contributed by atoms with van der Waals surface area (Å²) in [6.07, 6.45) is 0.432. The largest absolute Gasteiger partial charge is 0.465 e. The summed E-state index contributed by atoms with van der Waals surface area (Å²) in [5.74, 6) is -0.587. The van der Waals surface area contributed by atoms with Gasteiger partial charge in [-0.15, -0.1) is 0 Å². The van der Waals surface area contributed by atoms with Crippen LogP contribution in [-0.4, -0.2) is 24.1 Å². The Morgan fingerprint density at radius 1 is 1.89 bits per heavy atom. The number of aldehydes is 1. The van der Waals surface area contributed by atoms with Gasteiger partial charge in [0.25, 0.3) is 0 Å². The van der Waals surface area contributed by atoms with Crippen molar-refractivity contribution < 1.29 is 14.3 Å². The van der Waals surface area contributed by atoms with Gasteiger partial charge in [-0.2, -0.15) is 12.6 Å². The molecule has 9 heavy (non-hydrogen) atoms. The lowest BCUT2D eigenvalue weighted by atomic mass is 10.5. The first-order chi connectivity index (χ1) is 4.22. The van der Waals surface area contributed by atoms with E-state index in [9.17, 15) is 9.59 Å². The van der Waals surface area contributed by atoms with Gasteiger partial charge in [-0.25, -0.2) is 0 Å². The molecule has 0 aromatic carbocycles. The van der Waals surface area contributed by atoms with E-state index in [-0.39, 0.29) is 6.61 Å². The van der Waals surface area contributed by atoms with Gasteiger partial charge >= 0.3 is 5.97 Å². The first-order valence-corrected chi connectivity index (χ1v) is 3.04. The van der Waals surface area contributed by atoms with Crippen LogP contribution in [0.4, 0.5) is 0 Å². The summed E-state index contributed by atoms with van der Waals surface area (Å²) in [6.45, 7) is 1.95. The van der Waals surface area contributed by atoms with Crippen molar-refractivity contribution in [1.82, 2.24) is 0 Å². The maximum absolute atomic E-state index is 10.4. The molecule has 0 aromatic rings. The molecule has 4 heteroatoms. The maximum atomic E-state index is 10.4. The van der Waals surface area contributed by atoms with Crippen LogP contribution < -0.4 is 0 Å². The van der Waals surface area contributed by atoms with Gasteiger partial charge in [-0.05, 0) is 6.92 Å². The second kappa shape index (κ2) is 4.38. The standard InChI is InChI=1S/C5H8O3S/c1-2-8-5(7)4(9)3-6/h3-4,9H,2H2,1H3. The topological polar surface area (TPSA) is 43.4 Å². The van der Waals surface area contributed by atoms with Crippen LogP contribution in [0.15, 0.2) is 0 Å². The van der Waals surface area contributed by atoms with Crippen LogP contribution >= 0.6 is 12.6 Å². The summed E-state index contributed by atoms with van der Waals surface area (Å²) in [4.78, 5) is 20.3. The Hall–Kier alpha value is -0.510. The van der Waals surface area contributed by atoms with Crippen molar-refractivity contribution in [1.29, 1.82) is 0 Å². The zero-order valence-electron chi connectivity index (χ0n) is 5.03. The van der Waals surface area contributed by atoms with Gasteiger partial charge in [-0.1, -0.05) is 0 Å². The Kier molecular flexibility index (Phi) is 4.13. The minimum Gasteiger partial charge on any atom is -0.465 e. The average molecular weight is 148 g/mol. The van der Waals surface area contributed by atoms with Gasteiger partial charge in [0.05, 0.1) is 6.61 Å². The predicted molar refractivity (Wildman–Crippen MR) is 35.5 cm³/mol. The Bertz CT molecular complexity index is 113. The van der Waals surface area contributed by atoms with E-state index in [2.05, 4.69) is 17.4 Å². The Balaban J connectivity index is 3.58. The first kappa shape index (κ1) is 8.49. The van der Waals surface area contributed by atoms with E-state index in [1.165, 1.54) is 0 Å². The van der Waals surface area contributed by atoms with Crippen LogP contribution in [0.2, 0.25) is 0 Å². The number of ether oxygens (including phenoxy) is 1. The summed E-state index contributed by atoms with van der Waals surface area (Å²) >= 11 is 3.62. The minimum atomic E-state index is -0.926. The van der Waals surface area contributed by atoms with Crippen molar-refractivity contribution >= 4 is 24.9 Å². The molecule has 0 aromatic heterocycles. The van der Waals surface area contributed by atoms with E-state index >= 15 is 0 Å². The maximum Gasteiger partial charge on any atom is 0.326 e. The molecule has 52 valence electrons. The van der Waals surface area contributed by atoms with Gasteiger partial charge in [0.1, 0.15) is 6.29 Å². The van der Waals surface area contributed by atoms with Crippen LogP contribution in [0.3, 0.4) is 0 Å². The number of esters is 1. The summed E-state index contributed by atoms with van der Waals surface area (Å²) in [6, 6.07) is 0. The van der Waals surface area contributed by atoms with Crippen molar-refractivity contribution in [2.24, 2.45) is 0 Å². The number of carbonyl (C=O) groups is 2. The van der Waals surface area contributed by atoms with E-state index in [1.807, 2.05) is 0 Å². The Morgan fingerprint density at radius 3 is 2.78 bits per heavy atom. The highest BCUT2D eigenvalue weighted by atomic mass is 32.1. The highest BCUT2D eigenvalue weighted by Crippen LogP contribution is 1.92. The Labute approximate surface area is 58.8 Å². The number of carbonyl (C=O) groups excluding carboxylic acids is 2. The average Bonchev–Trinajstić information content (AvgIpc) is 1.87.